The highest BCUT2D eigenvalue weighted by atomic mass is 32.1. The molecule has 0 atom stereocenters. The van der Waals surface area contributed by atoms with E-state index in [4.69, 9.17) is 44.1 Å². The van der Waals surface area contributed by atoms with Crippen molar-refractivity contribution >= 4 is 29.2 Å². The Morgan fingerprint density at radius 2 is 1.17 bits per heavy atom. The molecular weight excluding hydrogens is 278 g/mol. The summed E-state index contributed by atoms with van der Waals surface area (Å²) in [6.45, 7) is 1.87. The number of aliphatic hydroxyl groups excluding tert-OH is 4. The quantitative estimate of drug-likeness (QED) is 0.209. The molecule has 0 saturated heterocycles. The van der Waals surface area contributed by atoms with Crippen molar-refractivity contribution in [2.45, 2.75) is 0 Å². The van der Waals surface area contributed by atoms with Crippen LogP contribution >= 0.6 is 24.8 Å². The molecule has 112 valence electrons. The summed E-state index contributed by atoms with van der Waals surface area (Å²) in [5.41, 5.74) is 9.56. The molecule has 0 aromatic rings. The largest absolute Gasteiger partial charge is 0.395 e. The first kappa shape index (κ1) is 23.1. The first-order valence-corrected chi connectivity index (χ1v) is 6.22. The number of aliphatic hydroxyl groups is 4. The number of nitrogens with two attached hydrogens (primary N) is 2. The average Bonchev–Trinajstić information content (AvgIpc) is 2.39. The Morgan fingerprint density at radius 3 is 1.28 bits per heavy atom. The highest BCUT2D eigenvalue weighted by Gasteiger charge is 2.02. The molecule has 18 heavy (non-hydrogen) atoms. The van der Waals surface area contributed by atoms with Crippen molar-refractivity contribution in [1.29, 1.82) is 0 Å². The molecular formula is C9H25N3O4S2. The van der Waals surface area contributed by atoms with Gasteiger partial charge in [0.15, 0.2) is 0 Å². The van der Waals surface area contributed by atoms with Gasteiger partial charge in [0, 0.05) is 26.2 Å². The molecule has 0 unspecified atom stereocenters. The van der Waals surface area contributed by atoms with Crippen molar-refractivity contribution in [2.75, 3.05) is 52.6 Å². The van der Waals surface area contributed by atoms with Crippen LogP contribution in [0, 0.1) is 0 Å². The van der Waals surface area contributed by atoms with Crippen molar-refractivity contribution in [3.8, 4) is 0 Å². The summed E-state index contributed by atoms with van der Waals surface area (Å²) in [5.74, 6) is 0. The number of hydrogen-bond acceptors (Lipinski definition) is 7. The standard InChI is InChI=1S/C5H11NO2S2.2C2H7NO/c7-3-1-6(2-4-8)5(9)10;2*3-1-2-4/h7-8H,1-4H2,(H,9,10);2*4H,1-3H2. The monoisotopic (exact) mass is 303 g/mol. The molecule has 0 aromatic carbocycles. The van der Waals surface area contributed by atoms with Crippen LogP contribution < -0.4 is 11.5 Å². The lowest BCUT2D eigenvalue weighted by molar-refractivity contribution is 0.216. The van der Waals surface area contributed by atoms with Gasteiger partial charge in [-0.25, -0.2) is 0 Å². The lowest BCUT2D eigenvalue weighted by atomic mass is 10.5. The topological polar surface area (TPSA) is 136 Å². The highest BCUT2D eigenvalue weighted by Crippen LogP contribution is 1.94. The van der Waals surface area contributed by atoms with Gasteiger partial charge in [-0.15, -0.1) is 12.6 Å². The Morgan fingerprint density at radius 1 is 0.889 bits per heavy atom. The van der Waals surface area contributed by atoms with Crippen LogP contribution in [0.3, 0.4) is 0 Å². The molecule has 9 heteroatoms. The minimum atomic E-state index is 0.0285. The van der Waals surface area contributed by atoms with E-state index < -0.39 is 0 Å². The maximum Gasteiger partial charge on any atom is 0.133 e. The van der Waals surface area contributed by atoms with Gasteiger partial charge in [-0.2, -0.15) is 0 Å². The number of hydrogen-bond donors (Lipinski definition) is 7. The van der Waals surface area contributed by atoms with Crippen LogP contribution in [-0.2, 0) is 0 Å². The smallest absolute Gasteiger partial charge is 0.133 e. The summed E-state index contributed by atoms with van der Waals surface area (Å²) in [4.78, 5) is 1.62. The number of nitrogens with zero attached hydrogens (tertiary/aromatic N) is 1. The van der Waals surface area contributed by atoms with Gasteiger partial charge in [0.05, 0.1) is 26.4 Å². The van der Waals surface area contributed by atoms with E-state index >= 15 is 0 Å². The van der Waals surface area contributed by atoms with E-state index in [1.807, 2.05) is 0 Å². The summed E-state index contributed by atoms with van der Waals surface area (Å²) < 4.78 is 0.406. The van der Waals surface area contributed by atoms with Gasteiger partial charge >= 0.3 is 0 Å². The molecule has 0 spiro atoms. The average molecular weight is 303 g/mol. The Hall–Kier alpha value is -0.000000000000000111. The second-order valence-corrected chi connectivity index (χ2v) is 3.85. The molecule has 0 bridgehead atoms. The lowest BCUT2D eigenvalue weighted by Crippen LogP contribution is -2.31. The van der Waals surface area contributed by atoms with Gasteiger partial charge in [0.1, 0.15) is 4.32 Å². The van der Waals surface area contributed by atoms with E-state index in [0.29, 0.717) is 30.5 Å². The normalized spacial score (nSPS) is 8.61. The fourth-order valence-electron chi connectivity index (χ4n) is 0.545. The SMILES string of the molecule is NCCO.NCCO.OCCN(CCO)C(=S)S. The Labute approximate surface area is 119 Å². The third-order valence-corrected chi connectivity index (χ3v) is 1.81. The fourth-order valence-corrected chi connectivity index (χ4v) is 0.927. The molecule has 0 radical (unpaired) electrons. The van der Waals surface area contributed by atoms with Gasteiger partial charge in [-0.1, -0.05) is 12.2 Å². The number of thiocarbonyl (C=S) groups is 1. The molecule has 0 amide bonds. The van der Waals surface area contributed by atoms with Gasteiger partial charge in [-0.05, 0) is 0 Å². The Kier molecular flexibility index (Phi) is 28.5. The second kappa shape index (κ2) is 22.2. The first-order valence-electron chi connectivity index (χ1n) is 5.37. The van der Waals surface area contributed by atoms with Crippen LogP contribution in [0.15, 0.2) is 0 Å². The Bertz CT molecular complexity index is 153. The van der Waals surface area contributed by atoms with Gasteiger partial charge in [-0.3, -0.25) is 0 Å². The molecule has 0 rings (SSSR count). The zero-order valence-electron chi connectivity index (χ0n) is 10.4. The van der Waals surface area contributed by atoms with Crippen molar-refractivity contribution in [3.05, 3.63) is 0 Å². The van der Waals surface area contributed by atoms with Crippen molar-refractivity contribution in [1.82, 2.24) is 4.90 Å². The molecule has 8 N–H and O–H groups in total. The predicted octanol–water partition coefficient (Wildman–Crippen LogP) is -2.64. The highest BCUT2D eigenvalue weighted by molar-refractivity contribution is 8.10. The van der Waals surface area contributed by atoms with Crippen LogP contribution in [0.2, 0.25) is 0 Å². The molecule has 0 aliphatic rings. The van der Waals surface area contributed by atoms with E-state index in [0.717, 1.165) is 0 Å². The molecule has 0 aliphatic carbocycles. The third-order valence-electron chi connectivity index (χ3n) is 1.27. The van der Waals surface area contributed by atoms with Crippen LogP contribution in [0.4, 0.5) is 0 Å². The van der Waals surface area contributed by atoms with E-state index in [9.17, 15) is 0 Å². The van der Waals surface area contributed by atoms with E-state index in [1.54, 1.807) is 4.90 Å². The predicted molar refractivity (Wildman–Crippen MR) is 79.6 cm³/mol. The summed E-state index contributed by atoms with van der Waals surface area (Å²) in [5, 5.41) is 32.5. The zero-order valence-corrected chi connectivity index (χ0v) is 12.1. The molecule has 0 heterocycles. The molecule has 0 fully saturated rings. The first-order chi connectivity index (χ1) is 8.55. The third kappa shape index (κ3) is 25.0. The summed E-state index contributed by atoms with van der Waals surface area (Å²) in [6.07, 6.45) is 0. The minimum absolute atomic E-state index is 0.0285. The zero-order chi connectivity index (χ0) is 14.8. The van der Waals surface area contributed by atoms with E-state index in [1.165, 1.54) is 0 Å². The van der Waals surface area contributed by atoms with Crippen molar-refractivity contribution < 1.29 is 20.4 Å². The minimum Gasteiger partial charge on any atom is -0.395 e. The number of rotatable bonds is 6. The molecule has 7 nitrogen and oxygen atoms in total. The van der Waals surface area contributed by atoms with Crippen LogP contribution in [0.25, 0.3) is 0 Å². The fraction of sp³-hybridized carbons (Fsp3) is 0.889. The molecule has 0 aromatic heterocycles. The molecule has 0 aliphatic heterocycles. The van der Waals surface area contributed by atoms with E-state index in [2.05, 4.69) is 12.6 Å². The van der Waals surface area contributed by atoms with Gasteiger partial charge in [0.25, 0.3) is 0 Å². The van der Waals surface area contributed by atoms with E-state index in [-0.39, 0.29) is 26.4 Å². The second-order valence-electron chi connectivity index (χ2n) is 2.74. The molecule has 0 saturated carbocycles. The Balaban J connectivity index is -0.000000233. The van der Waals surface area contributed by atoms with Crippen molar-refractivity contribution in [3.63, 3.8) is 0 Å². The summed E-state index contributed by atoms with van der Waals surface area (Å²) in [6, 6.07) is 0. The van der Waals surface area contributed by atoms with Gasteiger partial charge in [0.2, 0.25) is 0 Å². The van der Waals surface area contributed by atoms with Crippen molar-refractivity contribution in [2.24, 2.45) is 11.5 Å². The van der Waals surface area contributed by atoms with Gasteiger partial charge < -0.3 is 36.8 Å². The maximum absolute atomic E-state index is 8.50. The van der Waals surface area contributed by atoms with Crippen LogP contribution in [-0.4, -0.2) is 82.3 Å². The summed E-state index contributed by atoms with van der Waals surface area (Å²) >= 11 is 8.61. The number of thiol groups is 1. The van der Waals surface area contributed by atoms with Crippen LogP contribution in [0.1, 0.15) is 0 Å². The summed E-state index contributed by atoms with van der Waals surface area (Å²) in [7, 11) is 0. The van der Waals surface area contributed by atoms with Crippen LogP contribution in [0.5, 0.6) is 0 Å². The lowest BCUT2D eigenvalue weighted by Gasteiger charge is -2.19. The maximum atomic E-state index is 8.50.